The average molecular weight is 532 g/mol. The van der Waals surface area contributed by atoms with Crippen molar-refractivity contribution in [3.63, 3.8) is 0 Å². The third kappa shape index (κ3) is 4.50. The Morgan fingerprint density at radius 1 is 1.06 bits per heavy atom. The number of ether oxygens (including phenoxy) is 1. The highest BCUT2D eigenvalue weighted by atomic mass is 79.9. The van der Waals surface area contributed by atoms with Crippen molar-refractivity contribution in [3.8, 4) is 10.4 Å². The van der Waals surface area contributed by atoms with Gasteiger partial charge in [0.05, 0.1) is 18.0 Å². The lowest BCUT2D eigenvalue weighted by Gasteiger charge is -2.13. The van der Waals surface area contributed by atoms with Crippen LogP contribution in [0.2, 0.25) is 0 Å². The fourth-order valence-corrected chi connectivity index (χ4v) is 5.68. The highest BCUT2D eigenvalue weighted by Crippen LogP contribution is 2.39. The van der Waals surface area contributed by atoms with E-state index >= 15 is 0 Å². The van der Waals surface area contributed by atoms with Crippen molar-refractivity contribution in [1.82, 2.24) is 4.57 Å². The molecule has 0 saturated carbocycles. The first-order chi connectivity index (χ1) is 15.8. The maximum Gasteiger partial charge on any atom is 0.343 e. The van der Waals surface area contributed by atoms with E-state index in [1.807, 2.05) is 30.3 Å². The zero-order valence-electron chi connectivity index (χ0n) is 17.9. The zero-order valence-corrected chi connectivity index (χ0v) is 20.3. The minimum absolute atomic E-state index is 0.152. The second kappa shape index (κ2) is 9.57. The molecular weight excluding hydrogens is 512 g/mol. The molecular formula is C25H20BrF2NO3S. The molecule has 33 heavy (non-hydrogen) atoms. The van der Waals surface area contributed by atoms with Crippen LogP contribution in [0.15, 0.2) is 59.5 Å². The number of alkyl halides is 1. The Balaban J connectivity index is 2.02. The summed E-state index contributed by atoms with van der Waals surface area (Å²) in [5.74, 6) is -2.17. The van der Waals surface area contributed by atoms with Crippen LogP contribution in [0.4, 0.5) is 8.78 Å². The van der Waals surface area contributed by atoms with Gasteiger partial charge in [-0.1, -0.05) is 52.3 Å². The molecule has 0 bridgehead atoms. The van der Waals surface area contributed by atoms with Crippen LogP contribution in [0.1, 0.15) is 35.3 Å². The van der Waals surface area contributed by atoms with Crippen molar-refractivity contribution >= 4 is 43.5 Å². The van der Waals surface area contributed by atoms with Crippen LogP contribution in [0.3, 0.4) is 0 Å². The molecule has 0 N–H and O–H groups in total. The van der Waals surface area contributed by atoms with Crippen molar-refractivity contribution in [2.24, 2.45) is 0 Å². The molecule has 4 aromatic rings. The summed E-state index contributed by atoms with van der Waals surface area (Å²) in [6.07, 6.45) is 0.910. The van der Waals surface area contributed by atoms with E-state index in [-0.39, 0.29) is 17.7 Å². The first-order valence-electron chi connectivity index (χ1n) is 10.3. The first-order valence-corrected chi connectivity index (χ1v) is 12.2. The molecule has 0 aliphatic carbocycles. The fraction of sp³-hybridized carbons (Fsp3) is 0.200. The molecule has 170 valence electrons. The van der Waals surface area contributed by atoms with Crippen LogP contribution in [0.5, 0.6) is 0 Å². The van der Waals surface area contributed by atoms with Crippen LogP contribution in [0, 0.1) is 11.6 Å². The minimum Gasteiger partial charge on any atom is -0.459 e. The van der Waals surface area contributed by atoms with Crippen LogP contribution in [0.25, 0.3) is 20.7 Å². The van der Waals surface area contributed by atoms with Gasteiger partial charge in [0.1, 0.15) is 22.0 Å². The molecule has 0 fully saturated rings. The number of rotatable bonds is 6. The van der Waals surface area contributed by atoms with Crippen LogP contribution >= 0.6 is 27.3 Å². The summed E-state index contributed by atoms with van der Waals surface area (Å²) in [5, 5.41) is 0.703. The van der Waals surface area contributed by atoms with E-state index in [1.165, 1.54) is 35.7 Å². The number of carbonyl (C=O) groups excluding carboxylic acids is 1. The van der Waals surface area contributed by atoms with Crippen molar-refractivity contribution < 1.29 is 18.3 Å². The van der Waals surface area contributed by atoms with E-state index in [9.17, 15) is 18.4 Å². The van der Waals surface area contributed by atoms with Gasteiger partial charge in [0.15, 0.2) is 0 Å². The molecule has 0 saturated heterocycles. The van der Waals surface area contributed by atoms with Gasteiger partial charge in [-0.05, 0) is 37.1 Å². The Hall–Kier alpha value is -2.84. The standard InChI is InChI=1S/C25H20BrF2NO3S/c1-14(2)32-25(31)18-13-29(12-17-19(27)9-6-10-20(17)28)24-21(22(18)30)16(11-26)23(33-24)15-7-4-3-5-8-15/h3-10,13-14H,11-12H2,1-2H3. The number of hydrogen-bond donors (Lipinski definition) is 0. The highest BCUT2D eigenvalue weighted by Gasteiger charge is 2.24. The SMILES string of the molecule is CC(C)OC(=O)c1cn(Cc2c(F)cccc2F)c2sc(-c3ccccc3)c(CBr)c2c1=O. The van der Waals surface area contributed by atoms with E-state index in [0.717, 1.165) is 10.4 Å². The van der Waals surface area contributed by atoms with Crippen molar-refractivity contribution in [1.29, 1.82) is 0 Å². The molecule has 2 aromatic carbocycles. The predicted octanol–water partition coefficient (Wildman–Crippen LogP) is 6.52. The van der Waals surface area contributed by atoms with Crippen molar-refractivity contribution in [3.05, 3.63) is 93.3 Å². The number of fused-ring (bicyclic) bond motifs is 1. The van der Waals surface area contributed by atoms with E-state index in [1.54, 1.807) is 18.4 Å². The number of thiophene rings is 1. The number of esters is 1. The molecule has 0 radical (unpaired) electrons. The van der Waals surface area contributed by atoms with E-state index < -0.39 is 29.1 Å². The molecule has 0 aliphatic heterocycles. The number of carbonyl (C=O) groups is 1. The van der Waals surface area contributed by atoms with Crippen molar-refractivity contribution in [2.75, 3.05) is 0 Å². The van der Waals surface area contributed by atoms with Gasteiger partial charge in [-0.15, -0.1) is 11.3 Å². The fourth-order valence-electron chi connectivity index (χ4n) is 3.64. The Morgan fingerprint density at radius 2 is 1.73 bits per heavy atom. The zero-order chi connectivity index (χ0) is 23.7. The molecule has 0 spiro atoms. The quantitative estimate of drug-likeness (QED) is 0.210. The molecule has 0 unspecified atom stereocenters. The Morgan fingerprint density at radius 3 is 2.33 bits per heavy atom. The third-order valence-electron chi connectivity index (χ3n) is 5.13. The Kier molecular flexibility index (Phi) is 6.76. The molecule has 0 atom stereocenters. The lowest BCUT2D eigenvalue weighted by molar-refractivity contribution is 0.0375. The van der Waals surface area contributed by atoms with Gasteiger partial charge in [0, 0.05) is 22.0 Å². The summed E-state index contributed by atoms with van der Waals surface area (Å²) in [5.41, 5.74) is 0.831. The molecule has 4 rings (SSSR count). The number of halogens is 3. The summed E-state index contributed by atoms with van der Waals surface area (Å²) in [6, 6.07) is 13.2. The summed E-state index contributed by atoms with van der Waals surface area (Å²) >= 11 is 4.82. The first kappa shape index (κ1) is 23.3. The van der Waals surface area contributed by atoms with Gasteiger partial charge < -0.3 is 9.30 Å². The molecule has 8 heteroatoms. The number of hydrogen-bond acceptors (Lipinski definition) is 4. The van der Waals surface area contributed by atoms with E-state index in [4.69, 9.17) is 4.74 Å². The largest absolute Gasteiger partial charge is 0.459 e. The van der Waals surface area contributed by atoms with Gasteiger partial charge in [0.2, 0.25) is 5.43 Å². The topological polar surface area (TPSA) is 48.3 Å². The number of nitrogens with zero attached hydrogens (tertiary/aromatic N) is 1. The van der Waals surface area contributed by atoms with E-state index in [0.29, 0.717) is 21.1 Å². The van der Waals surface area contributed by atoms with Crippen LogP contribution in [-0.4, -0.2) is 16.6 Å². The molecule has 2 aromatic heterocycles. The number of pyridine rings is 1. The molecule has 0 amide bonds. The highest BCUT2D eigenvalue weighted by molar-refractivity contribution is 9.08. The van der Waals surface area contributed by atoms with Gasteiger partial charge >= 0.3 is 5.97 Å². The smallest absolute Gasteiger partial charge is 0.343 e. The molecule has 2 heterocycles. The summed E-state index contributed by atoms with van der Waals surface area (Å²) in [4.78, 5) is 27.5. The maximum atomic E-state index is 14.5. The van der Waals surface area contributed by atoms with Gasteiger partial charge in [-0.2, -0.15) is 0 Å². The van der Waals surface area contributed by atoms with Gasteiger partial charge in [-0.3, -0.25) is 4.79 Å². The lowest BCUT2D eigenvalue weighted by Crippen LogP contribution is -2.23. The Bertz CT molecular complexity index is 1380. The number of aromatic nitrogens is 1. The van der Waals surface area contributed by atoms with Crippen LogP contribution < -0.4 is 5.43 Å². The van der Waals surface area contributed by atoms with Crippen molar-refractivity contribution in [2.45, 2.75) is 31.8 Å². The summed E-state index contributed by atoms with van der Waals surface area (Å²) < 4.78 is 35.7. The second-order valence-electron chi connectivity index (χ2n) is 7.74. The molecule has 0 aliphatic rings. The van der Waals surface area contributed by atoms with Gasteiger partial charge in [-0.25, -0.2) is 13.6 Å². The number of benzene rings is 2. The second-order valence-corrected chi connectivity index (χ2v) is 9.30. The third-order valence-corrected chi connectivity index (χ3v) is 7.01. The monoisotopic (exact) mass is 531 g/mol. The minimum atomic E-state index is -0.771. The normalized spacial score (nSPS) is 11.3. The van der Waals surface area contributed by atoms with Gasteiger partial charge in [0.25, 0.3) is 0 Å². The average Bonchev–Trinajstić information content (AvgIpc) is 3.18. The lowest BCUT2D eigenvalue weighted by atomic mass is 10.1. The Labute approximate surface area is 201 Å². The molecule has 4 nitrogen and oxygen atoms in total. The summed E-state index contributed by atoms with van der Waals surface area (Å²) in [6.45, 7) is 3.19. The van der Waals surface area contributed by atoms with E-state index in [2.05, 4.69) is 15.9 Å². The van der Waals surface area contributed by atoms with Crippen LogP contribution in [-0.2, 0) is 16.6 Å². The maximum absolute atomic E-state index is 14.5. The summed E-state index contributed by atoms with van der Waals surface area (Å²) in [7, 11) is 0. The predicted molar refractivity (Wildman–Crippen MR) is 130 cm³/mol.